The summed E-state index contributed by atoms with van der Waals surface area (Å²) in [4.78, 5) is 0. The maximum absolute atomic E-state index is 3.83. The minimum Gasteiger partial charge on any atom is -0.126 e. The molecule has 0 saturated carbocycles. The molecule has 2 heteroatoms. The molecule has 0 nitrogen and oxygen atoms in total. The number of benzene rings is 5. The molecule has 0 aromatic heterocycles. The van der Waals surface area contributed by atoms with E-state index in [-0.39, 0.29) is 0 Å². The van der Waals surface area contributed by atoms with Crippen molar-refractivity contribution in [3.05, 3.63) is 83.9 Å². The van der Waals surface area contributed by atoms with Crippen molar-refractivity contribution in [2.45, 2.75) is 65.0 Å². The van der Waals surface area contributed by atoms with Crippen LogP contribution in [0.15, 0.2) is 72.8 Å². The van der Waals surface area contributed by atoms with Gasteiger partial charge in [-0.3, -0.25) is 0 Å². The molecular formula is C36H38Si2. The number of hydrogen-bond donors (Lipinski definition) is 0. The molecule has 5 aromatic rings. The molecule has 0 fully saturated rings. The largest absolute Gasteiger partial charge is 0.135 e. The molecule has 0 aliphatic heterocycles. The van der Waals surface area contributed by atoms with Gasteiger partial charge < -0.3 is 0 Å². The Labute approximate surface area is 230 Å². The SMILES string of the molecule is CC[Si](C)(C#Cc1c2ccccc2c(C#C[Si](C)(CC)CC)c2cc3cc4ccccc4cc3cc12)CC. The van der Waals surface area contributed by atoms with Crippen LogP contribution in [0, 0.1) is 22.9 Å². The summed E-state index contributed by atoms with van der Waals surface area (Å²) in [7, 11) is -3.18. The van der Waals surface area contributed by atoms with E-state index in [1.807, 2.05) is 0 Å². The van der Waals surface area contributed by atoms with Crippen molar-refractivity contribution in [3.8, 4) is 22.9 Å². The van der Waals surface area contributed by atoms with Crippen molar-refractivity contribution < 1.29 is 0 Å². The van der Waals surface area contributed by atoms with Crippen LogP contribution in [0.4, 0.5) is 0 Å². The van der Waals surface area contributed by atoms with Gasteiger partial charge in [-0.25, -0.2) is 0 Å². The first-order valence-electron chi connectivity index (χ1n) is 14.2. The smallest absolute Gasteiger partial charge is 0.126 e. The van der Waals surface area contributed by atoms with Crippen molar-refractivity contribution in [1.82, 2.24) is 0 Å². The fraction of sp³-hybridized carbons (Fsp3) is 0.278. The Morgan fingerprint density at radius 3 is 1.21 bits per heavy atom. The van der Waals surface area contributed by atoms with Gasteiger partial charge in [-0.1, -0.05) is 101 Å². The minimum absolute atomic E-state index is 1.17. The van der Waals surface area contributed by atoms with Crippen molar-refractivity contribution >= 4 is 59.2 Å². The van der Waals surface area contributed by atoms with Crippen LogP contribution in [0.3, 0.4) is 0 Å². The molecule has 0 heterocycles. The van der Waals surface area contributed by atoms with E-state index >= 15 is 0 Å². The molecule has 0 spiro atoms. The Balaban J connectivity index is 1.94. The molecule has 5 rings (SSSR count). The maximum atomic E-state index is 3.83. The van der Waals surface area contributed by atoms with Crippen LogP contribution in [0.5, 0.6) is 0 Å². The molecular weight excluding hydrogens is 489 g/mol. The summed E-state index contributed by atoms with van der Waals surface area (Å²) in [5.41, 5.74) is 9.99. The molecule has 0 unspecified atom stereocenters. The first-order valence-corrected chi connectivity index (χ1v) is 20.0. The highest BCUT2D eigenvalue weighted by molar-refractivity contribution is 6.86. The van der Waals surface area contributed by atoms with Gasteiger partial charge in [0.15, 0.2) is 0 Å². The highest BCUT2D eigenvalue weighted by atomic mass is 28.3. The Morgan fingerprint density at radius 2 is 0.842 bits per heavy atom. The standard InChI is InChI=1S/C36H38Si2/c1-7-37(5,8-2)21-19-33-31-17-13-14-18-32(31)34(20-22-38(6,9-3)10-4)36-26-30-24-28-16-12-11-15-27(28)23-29(30)25-35(33)36/h11-18,23-26H,7-10H2,1-6H3. The highest BCUT2D eigenvalue weighted by Gasteiger charge is 2.21. The zero-order valence-electron chi connectivity index (χ0n) is 23.8. The number of fused-ring (bicyclic) bond motifs is 4. The first kappa shape index (κ1) is 26.3. The highest BCUT2D eigenvalue weighted by Crippen LogP contribution is 2.36. The lowest BCUT2D eigenvalue weighted by atomic mass is 9.90. The van der Waals surface area contributed by atoms with Gasteiger partial charge in [-0.2, -0.15) is 0 Å². The predicted octanol–water partition coefficient (Wildman–Crippen LogP) is 10.3. The molecule has 0 bridgehead atoms. The van der Waals surface area contributed by atoms with E-state index in [2.05, 4.69) is 137 Å². The van der Waals surface area contributed by atoms with Gasteiger partial charge in [0.25, 0.3) is 0 Å². The third-order valence-corrected chi connectivity index (χ3v) is 16.6. The Bertz CT molecular complexity index is 1660. The third-order valence-electron chi connectivity index (χ3n) is 8.95. The molecule has 0 N–H and O–H groups in total. The average molecular weight is 527 g/mol. The first-order chi connectivity index (χ1) is 18.3. The Morgan fingerprint density at radius 1 is 0.474 bits per heavy atom. The second-order valence-electron chi connectivity index (χ2n) is 11.3. The molecule has 38 heavy (non-hydrogen) atoms. The number of hydrogen-bond acceptors (Lipinski definition) is 0. The molecule has 0 aliphatic carbocycles. The van der Waals surface area contributed by atoms with E-state index < -0.39 is 16.1 Å². The zero-order chi connectivity index (χ0) is 26.9. The normalized spacial score (nSPS) is 11.9. The summed E-state index contributed by atoms with van der Waals surface area (Å²) < 4.78 is 0. The van der Waals surface area contributed by atoms with Crippen molar-refractivity contribution in [2.24, 2.45) is 0 Å². The zero-order valence-corrected chi connectivity index (χ0v) is 25.8. The van der Waals surface area contributed by atoms with E-state index in [1.54, 1.807) is 0 Å². The second-order valence-corrected chi connectivity index (χ2v) is 20.8. The fourth-order valence-corrected chi connectivity index (χ4v) is 7.73. The Kier molecular flexibility index (Phi) is 7.24. The van der Waals surface area contributed by atoms with E-state index in [9.17, 15) is 0 Å². The molecule has 0 saturated heterocycles. The quantitative estimate of drug-likeness (QED) is 0.124. The van der Waals surface area contributed by atoms with E-state index in [4.69, 9.17) is 0 Å². The van der Waals surface area contributed by atoms with Gasteiger partial charge in [0, 0.05) is 11.1 Å². The fourth-order valence-electron chi connectivity index (χ4n) is 5.16. The topological polar surface area (TPSA) is 0 Å². The van der Waals surface area contributed by atoms with Crippen LogP contribution in [0.1, 0.15) is 38.8 Å². The molecule has 190 valence electrons. The lowest BCUT2D eigenvalue weighted by Gasteiger charge is -2.17. The van der Waals surface area contributed by atoms with Gasteiger partial charge in [-0.05, 0) is 91.5 Å². The van der Waals surface area contributed by atoms with Crippen molar-refractivity contribution in [2.75, 3.05) is 0 Å². The van der Waals surface area contributed by atoms with Crippen LogP contribution in [-0.4, -0.2) is 16.1 Å². The summed E-state index contributed by atoms with van der Waals surface area (Å²) >= 11 is 0. The second kappa shape index (κ2) is 10.5. The van der Waals surface area contributed by atoms with Gasteiger partial charge in [0.2, 0.25) is 0 Å². The predicted molar refractivity (Wildman–Crippen MR) is 175 cm³/mol. The van der Waals surface area contributed by atoms with Crippen LogP contribution >= 0.6 is 0 Å². The average Bonchev–Trinajstić information content (AvgIpc) is 2.96. The van der Waals surface area contributed by atoms with Gasteiger partial charge in [0.05, 0.1) is 0 Å². The van der Waals surface area contributed by atoms with Crippen molar-refractivity contribution in [1.29, 1.82) is 0 Å². The monoisotopic (exact) mass is 526 g/mol. The van der Waals surface area contributed by atoms with Crippen LogP contribution in [0.25, 0.3) is 43.1 Å². The summed E-state index contributed by atoms with van der Waals surface area (Å²) in [6, 6.07) is 31.6. The van der Waals surface area contributed by atoms with E-state index in [0.29, 0.717) is 0 Å². The molecule has 0 atom stereocenters. The summed E-state index contributed by atoms with van der Waals surface area (Å²) in [6.07, 6.45) is 0. The minimum atomic E-state index is -1.59. The summed E-state index contributed by atoms with van der Waals surface area (Å²) in [5, 5.41) is 10.0. The lowest BCUT2D eigenvalue weighted by molar-refractivity contribution is 1.28. The summed E-state index contributed by atoms with van der Waals surface area (Å²) in [5.74, 6) is 7.54. The van der Waals surface area contributed by atoms with Gasteiger partial charge >= 0.3 is 0 Å². The maximum Gasteiger partial charge on any atom is 0.135 e. The van der Waals surface area contributed by atoms with Crippen LogP contribution in [0.2, 0.25) is 37.3 Å². The summed E-state index contributed by atoms with van der Waals surface area (Å²) in [6.45, 7) is 14.1. The van der Waals surface area contributed by atoms with Crippen molar-refractivity contribution in [3.63, 3.8) is 0 Å². The van der Waals surface area contributed by atoms with Crippen LogP contribution in [-0.2, 0) is 0 Å². The van der Waals surface area contributed by atoms with E-state index in [0.717, 1.165) is 0 Å². The third kappa shape index (κ3) is 4.80. The van der Waals surface area contributed by atoms with Gasteiger partial charge in [0.1, 0.15) is 16.1 Å². The molecule has 5 aromatic carbocycles. The molecule has 0 radical (unpaired) electrons. The van der Waals surface area contributed by atoms with Gasteiger partial charge in [-0.15, -0.1) is 11.1 Å². The lowest BCUT2D eigenvalue weighted by Crippen LogP contribution is -2.25. The van der Waals surface area contributed by atoms with E-state index in [1.165, 1.54) is 78.4 Å². The molecule has 0 aliphatic rings. The Hall–Kier alpha value is -3.31. The number of rotatable bonds is 4. The van der Waals surface area contributed by atoms with Crippen LogP contribution < -0.4 is 0 Å². The molecule has 0 amide bonds.